The van der Waals surface area contributed by atoms with Gasteiger partial charge in [0.1, 0.15) is 0 Å². The van der Waals surface area contributed by atoms with E-state index in [4.69, 9.17) is 9.47 Å². The van der Waals surface area contributed by atoms with Gasteiger partial charge in [-0.3, -0.25) is 0 Å². The first-order valence-electron chi connectivity index (χ1n) is 7.56. The highest BCUT2D eigenvalue weighted by molar-refractivity contribution is 7.89. The van der Waals surface area contributed by atoms with Crippen LogP contribution in [0.2, 0.25) is 0 Å². The molecule has 0 aliphatic rings. The molecule has 0 N–H and O–H groups in total. The number of rotatable bonds is 5. The summed E-state index contributed by atoms with van der Waals surface area (Å²) in [5.41, 5.74) is -1.43. The average molecular weight is 434 g/mol. The summed E-state index contributed by atoms with van der Waals surface area (Å²) in [5, 5.41) is 0. The molecule has 0 bridgehead atoms. The van der Waals surface area contributed by atoms with Gasteiger partial charge in [-0.1, -0.05) is 18.2 Å². The van der Waals surface area contributed by atoms with Crippen molar-refractivity contribution in [3.8, 4) is 11.8 Å². The van der Waals surface area contributed by atoms with Gasteiger partial charge in [0.05, 0.1) is 31.6 Å². The molecule has 0 unspecified atom stereocenters. The Morgan fingerprint density at radius 2 is 1.89 bits per heavy atom. The van der Waals surface area contributed by atoms with Gasteiger partial charge >= 0.3 is 6.18 Å². The number of aromatic nitrogens is 3. The number of sulfonamides is 1. The van der Waals surface area contributed by atoms with Crippen molar-refractivity contribution in [2.24, 2.45) is 4.40 Å². The smallest absolute Gasteiger partial charge is 0.416 e. The van der Waals surface area contributed by atoms with Crippen molar-refractivity contribution < 1.29 is 31.1 Å². The van der Waals surface area contributed by atoms with Gasteiger partial charge < -0.3 is 9.47 Å². The molecule has 1 aromatic carbocycles. The molecule has 2 aromatic heterocycles. The van der Waals surface area contributed by atoms with Gasteiger partial charge in [-0.05, 0) is 23.2 Å². The standard InChI is InChI=1S/C15H13F3N4O4S2/c1-25-11-7-12(26-2)22-13(19-11)20-14(27-22)21-28(23,24)8-9-5-3-4-6-10(9)15(16,17)18/h3-7H,8H2,1-2H3/b21-14+. The van der Waals surface area contributed by atoms with Crippen LogP contribution in [0.3, 0.4) is 0 Å². The lowest BCUT2D eigenvalue weighted by Gasteiger charge is -2.11. The van der Waals surface area contributed by atoms with Crippen LogP contribution >= 0.6 is 11.5 Å². The molecule has 13 heteroatoms. The first-order chi connectivity index (χ1) is 13.1. The quantitative estimate of drug-likeness (QED) is 0.611. The molecule has 0 atom stereocenters. The van der Waals surface area contributed by atoms with Crippen molar-refractivity contribution >= 4 is 27.3 Å². The molecule has 0 saturated heterocycles. The Hall–Kier alpha value is -2.67. The van der Waals surface area contributed by atoms with Crippen LogP contribution in [0.4, 0.5) is 13.2 Å². The number of halogens is 3. The topological polar surface area (TPSA) is 95.2 Å². The zero-order chi connectivity index (χ0) is 20.5. The highest BCUT2D eigenvalue weighted by Gasteiger charge is 2.34. The molecule has 8 nitrogen and oxygen atoms in total. The average Bonchev–Trinajstić information content (AvgIpc) is 3.01. The van der Waals surface area contributed by atoms with E-state index in [2.05, 4.69) is 14.4 Å². The van der Waals surface area contributed by atoms with Gasteiger partial charge in [0.25, 0.3) is 15.8 Å². The molecule has 0 spiro atoms. The maximum absolute atomic E-state index is 13.1. The number of ether oxygens (including phenoxy) is 2. The van der Waals surface area contributed by atoms with Gasteiger partial charge in [-0.15, -0.1) is 4.40 Å². The maximum atomic E-state index is 13.1. The third-order valence-electron chi connectivity index (χ3n) is 3.50. The lowest BCUT2D eigenvalue weighted by Crippen LogP contribution is -2.13. The summed E-state index contributed by atoms with van der Waals surface area (Å²) in [5.74, 6) is -0.376. The van der Waals surface area contributed by atoms with Crippen LogP contribution in [0.25, 0.3) is 5.78 Å². The lowest BCUT2D eigenvalue weighted by atomic mass is 10.1. The molecular formula is C15H13F3N4O4S2. The fraction of sp³-hybridized carbons (Fsp3) is 0.267. The van der Waals surface area contributed by atoms with Gasteiger partial charge in [-0.25, -0.2) is 8.42 Å². The molecule has 0 saturated carbocycles. The summed E-state index contributed by atoms with van der Waals surface area (Å²) >= 11 is 0.809. The van der Waals surface area contributed by atoms with Gasteiger partial charge in [0.2, 0.25) is 16.6 Å². The zero-order valence-corrected chi connectivity index (χ0v) is 16.1. The number of benzene rings is 1. The van der Waals surface area contributed by atoms with Crippen LogP contribution in [0.1, 0.15) is 11.1 Å². The largest absolute Gasteiger partial charge is 0.481 e. The van der Waals surface area contributed by atoms with Crippen molar-refractivity contribution in [3.05, 3.63) is 46.3 Å². The minimum absolute atomic E-state index is 0.0749. The summed E-state index contributed by atoms with van der Waals surface area (Å²) in [6.07, 6.45) is -4.67. The Morgan fingerprint density at radius 1 is 1.18 bits per heavy atom. The predicted molar refractivity (Wildman–Crippen MR) is 93.6 cm³/mol. The molecule has 0 aliphatic heterocycles. The monoisotopic (exact) mass is 434 g/mol. The van der Waals surface area contributed by atoms with Crippen LogP contribution < -0.4 is 14.3 Å². The van der Waals surface area contributed by atoms with Crippen molar-refractivity contribution in [2.75, 3.05) is 14.2 Å². The normalized spacial score (nSPS) is 13.1. The van der Waals surface area contributed by atoms with Gasteiger partial charge in [-0.2, -0.15) is 26.9 Å². The molecular weight excluding hydrogens is 421 g/mol. The van der Waals surface area contributed by atoms with E-state index in [0.29, 0.717) is 0 Å². The minimum Gasteiger partial charge on any atom is -0.481 e. The highest BCUT2D eigenvalue weighted by Crippen LogP contribution is 2.32. The third kappa shape index (κ3) is 4.25. The van der Waals surface area contributed by atoms with Crippen LogP contribution in [-0.4, -0.2) is 36.4 Å². The molecule has 28 heavy (non-hydrogen) atoms. The number of methoxy groups -OCH3 is 2. The number of alkyl halides is 3. The predicted octanol–water partition coefficient (Wildman–Crippen LogP) is 2.26. The molecule has 0 radical (unpaired) electrons. The Morgan fingerprint density at radius 3 is 2.54 bits per heavy atom. The Balaban J connectivity index is 2.04. The molecule has 0 aliphatic carbocycles. The minimum atomic E-state index is -4.67. The number of fused-ring (bicyclic) bond motifs is 1. The summed E-state index contributed by atoms with van der Waals surface area (Å²) in [4.78, 5) is 7.81. The highest BCUT2D eigenvalue weighted by atomic mass is 32.2. The van der Waals surface area contributed by atoms with Crippen LogP contribution in [0.5, 0.6) is 11.8 Å². The molecule has 3 rings (SSSR count). The Labute approximate surface area is 161 Å². The zero-order valence-electron chi connectivity index (χ0n) is 14.5. The molecule has 0 fully saturated rings. The molecule has 0 amide bonds. The van der Waals surface area contributed by atoms with E-state index in [9.17, 15) is 21.6 Å². The SMILES string of the molecule is COc1cc(OC)n2s/c(=N/S(=O)(=O)Cc3ccccc3C(F)(F)F)nc2n1. The first kappa shape index (κ1) is 20.1. The van der Waals surface area contributed by atoms with Crippen molar-refractivity contribution in [1.29, 1.82) is 0 Å². The van der Waals surface area contributed by atoms with E-state index in [1.54, 1.807) is 0 Å². The van der Waals surface area contributed by atoms with E-state index in [1.165, 1.54) is 36.2 Å². The van der Waals surface area contributed by atoms with Crippen molar-refractivity contribution in [2.45, 2.75) is 11.9 Å². The van der Waals surface area contributed by atoms with Crippen LogP contribution in [0.15, 0.2) is 34.7 Å². The summed E-state index contributed by atoms with van der Waals surface area (Å²) in [7, 11) is -1.51. The van der Waals surface area contributed by atoms with Crippen molar-refractivity contribution in [3.63, 3.8) is 0 Å². The lowest BCUT2D eigenvalue weighted by molar-refractivity contribution is -0.138. The Bertz CT molecular complexity index is 1190. The third-order valence-corrected chi connectivity index (χ3v) is 5.62. The second-order valence-electron chi connectivity index (χ2n) is 5.39. The number of nitrogens with zero attached hydrogens (tertiary/aromatic N) is 4. The summed E-state index contributed by atoms with van der Waals surface area (Å²) in [6.45, 7) is 0. The van der Waals surface area contributed by atoms with Gasteiger partial charge in [0, 0.05) is 0 Å². The summed E-state index contributed by atoms with van der Waals surface area (Å²) < 4.78 is 79.0. The second kappa shape index (κ2) is 7.39. The van der Waals surface area contributed by atoms with E-state index in [0.717, 1.165) is 23.7 Å². The molecule has 150 valence electrons. The molecule has 3 aromatic rings. The maximum Gasteiger partial charge on any atom is 0.416 e. The Kier molecular flexibility index (Phi) is 5.30. The van der Waals surface area contributed by atoms with E-state index in [1.807, 2.05) is 0 Å². The number of hydrogen-bond acceptors (Lipinski definition) is 7. The summed E-state index contributed by atoms with van der Waals surface area (Å²) in [6, 6.07) is 5.89. The fourth-order valence-corrected chi connectivity index (χ4v) is 4.47. The van der Waals surface area contributed by atoms with Crippen LogP contribution in [-0.2, 0) is 22.0 Å². The fourth-order valence-electron chi connectivity index (χ4n) is 2.34. The molecule has 2 heterocycles. The van der Waals surface area contributed by atoms with E-state index < -0.39 is 33.1 Å². The first-order valence-corrected chi connectivity index (χ1v) is 9.94. The second-order valence-corrected chi connectivity index (χ2v) is 7.94. The van der Waals surface area contributed by atoms with Crippen LogP contribution in [0, 0.1) is 0 Å². The van der Waals surface area contributed by atoms with Crippen molar-refractivity contribution in [1.82, 2.24) is 13.8 Å². The van der Waals surface area contributed by atoms with E-state index in [-0.39, 0.29) is 22.3 Å². The van der Waals surface area contributed by atoms with E-state index >= 15 is 0 Å². The number of hydrogen-bond donors (Lipinski definition) is 0. The van der Waals surface area contributed by atoms with Gasteiger partial charge in [0.15, 0.2) is 0 Å².